The molecule has 0 radical (unpaired) electrons. The molecule has 3 aromatic rings. The van der Waals surface area contributed by atoms with E-state index in [4.69, 9.17) is 4.99 Å². The van der Waals surface area contributed by atoms with E-state index in [9.17, 15) is 0 Å². The smallest absolute Gasteiger partial charge is 0.0669 e. The lowest BCUT2D eigenvalue weighted by Crippen LogP contribution is -1.99. The summed E-state index contributed by atoms with van der Waals surface area (Å²) in [7, 11) is 0. The Morgan fingerprint density at radius 3 is 2.52 bits per heavy atom. The lowest BCUT2D eigenvalue weighted by molar-refractivity contribution is 1.34. The third-order valence-corrected chi connectivity index (χ3v) is 4.79. The molecular formula is C19H15NS. The first-order valence-corrected chi connectivity index (χ1v) is 7.99. The van der Waals surface area contributed by atoms with Crippen molar-refractivity contribution in [1.29, 1.82) is 0 Å². The Balaban J connectivity index is 1.64. The van der Waals surface area contributed by atoms with E-state index in [1.54, 1.807) is 11.3 Å². The SMILES string of the molecule is Cc1ccc2c(c1)CC(c1ccc(-c3cccs3)cc1)=N2. The van der Waals surface area contributed by atoms with Crippen LogP contribution in [0.15, 0.2) is 65.0 Å². The highest BCUT2D eigenvalue weighted by molar-refractivity contribution is 7.13. The van der Waals surface area contributed by atoms with Gasteiger partial charge in [0.2, 0.25) is 0 Å². The quantitative estimate of drug-likeness (QED) is 0.599. The van der Waals surface area contributed by atoms with Crippen molar-refractivity contribution in [3.63, 3.8) is 0 Å². The van der Waals surface area contributed by atoms with Crippen molar-refractivity contribution in [2.45, 2.75) is 13.3 Å². The summed E-state index contributed by atoms with van der Waals surface area (Å²) in [6.45, 7) is 2.13. The second kappa shape index (κ2) is 4.97. The molecular weight excluding hydrogens is 274 g/mol. The van der Waals surface area contributed by atoms with Gasteiger partial charge in [-0.15, -0.1) is 11.3 Å². The summed E-state index contributed by atoms with van der Waals surface area (Å²) in [5.74, 6) is 0. The predicted molar refractivity (Wildman–Crippen MR) is 90.8 cm³/mol. The average Bonchev–Trinajstić information content (AvgIpc) is 3.16. The first kappa shape index (κ1) is 12.5. The van der Waals surface area contributed by atoms with Gasteiger partial charge in [0.25, 0.3) is 0 Å². The van der Waals surface area contributed by atoms with E-state index in [-0.39, 0.29) is 0 Å². The molecule has 2 aromatic carbocycles. The standard InChI is InChI=1S/C19H15NS/c1-13-4-9-17-16(11-13)12-18(20-17)14-5-7-15(8-6-14)19-3-2-10-21-19/h2-11H,12H2,1H3. The molecule has 0 saturated carbocycles. The van der Waals surface area contributed by atoms with Crippen molar-refractivity contribution < 1.29 is 0 Å². The van der Waals surface area contributed by atoms with Gasteiger partial charge in [0, 0.05) is 11.3 Å². The Morgan fingerprint density at radius 2 is 1.76 bits per heavy atom. The molecule has 0 N–H and O–H groups in total. The number of rotatable bonds is 2. The molecule has 0 aliphatic carbocycles. The highest BCUT2D eigenvalue weighted by Gasteiger charge is 2.15. The van der Waals surface area contributed by atoms with Gasteiger partial charge in [0.1, 0.15) is 0 Å². The second-order valence-corrected chi connectivity index (χ2v) is 6.37. The molecule has 4 rings (SSSR count). The van der Waals surface area contributed by atoms with Crippen molar-refractivity contribution in [2.24, 2.45) is 4.99 Å². The van der Waals surface area contributed by atoms with Crippen LogP contribution < -0.4 is 0 Å². The zero-order chi connectivity index (χ0) is 14.2. The minimum Gasteiger partial charge on any atom is -0.252 e. The third-order valence-electron chi connectivity index (χ3n) is 3.87. The van der Waals surface area contributed by atoms with E-state index in [1.807, 2.05) is 0 Å². The van der Waals surface area contributed by atoms with Gasteiger partial charge in [-0.05, 0) is 41.1 Å². The second-order valence-electron chi connectivity index (χ2n) is 5.42. The molecule has 0 bridgehead atoms. The fraction of sp³-hybridized carbons (Fsp3) is 0.105. The fourth-order valence-electron chi connectivity index (χ4n) is 2.77. The van der Waals surface area contributed by atoms with E-state index >= 15 is 0 Å². The lowest BCUT2D eigenvalue weighted by Gasteiger charge is -2.02. The van der Waals surface area contributed by atoms with Crippen molar-refractivity contribution >= 4 is 22.7 Å². The van der Waals surface area contributed by atoms with Gasteiger partial charge in [-0.1, -0.05) is 48.0 Å². The van der Waals surface area contributed by atoms with Crippen LogP contribution in [0.25, 0.3) is 10.4 Å². The highest BCUT2D eigenvalue weighted by atomic mass is 32.1. The van der Waals surface area contributed by atoms with Gasteiger partial charge < -0.3 is 0 Å². The number of aliphatic imine (C=N–C) groups is 1. The van der Waals surface area contributed by atoms with Crippen LogP contribution in [0.2, 0.25) is 0 Å². The number of aryl methyl sites for hydroxylation is 1. The first-order chi connectivity index (χ1) is 10.3. The largest absolute Gasteiger partial charge is 0.252 e. The van der Waals surface area contributed by atoms with Crippen LogP contribution >= 0.6 is 11.3 Å². The Kier molecular flexibility index (Phi) is 2.97. The van der Waals surface area contributed by atoms with Gasteiger partial charge in [0.15, 0.2) is 0 Å². The van der Waals surface area contributed by atoms with Gasteiger partial charge >= 0.3 is 0 Å². The van der Waals surface area contributed by atoms with Crippen molar-refractivity contribution in [3.05, 3.63) is 76.7 Å². The minimum atomic E-state index is 0.940. The maximum atomic E-state index is 4.77. The number of thiophene rings is 1. The van der Waals surface area contributed by atoms with E-state index in [2.05, 4.69) is 66.9 Å². The number of fused-ring (bicyclic) bond motifs is 1. The maximum Gasteiger partial charge on any atom is 0.0669 e. The molecule has 0 atom stereocenters. The minimum absolute atomic E-state index is 0.940. The zero-order valence-electron chi connectivity index (χ0n) is 11.8. The molecule has 102 valence electrons. The first-order valence-electron chi connectivity index (χ1n) is 7.11. The molecule has 1 aliphatic heterocycles. The van der Waals surface area contributed by atoms with Crippen molar-refractivity contribution in [3.8, 4) is 10.4 Å². The summed E-state index contributed by atoms with van der Waals surface area (Å²) in [5.41, 5.74) is 7.45. The summed E-state index contributed by atoms with van der Waals surface area (Å²) in [5, 5.41) is 2.11. The molecule has 2 heterocycles. The molecule has 2 heteroatoms. The maximum absolute atomic E-state index is 4.77. The highest BCUT2D eigenvalue weighted by Crippen LogP contribution is 2.30. The van der Waals surface area contributed by atoms with Crippen LogP contribution in [0.4, 0.5) is 5.69 Å². The number of benzene rings is 2. The van der Waals surface area contributed by atoms with Crippen LogP contribution in [0.5, 0.6) is 0 Å². The molecule has 1 aliphatic rings. The molecule has 0 spiro atoms. The fourth-order valence-corrected chi connectivity index (χ4v) is 3.50. The van der Waals surface area contributed by atoms with E-state index in [0.717, 1.165) is 12.1 Å². The van der Waals surface area contributed by atoms with Crippen LogP contribution in [0.1, 0.15) is 16.7 Å². The Labute approximate surface area is 128 Å². The van der Waals surface area contributed by atoms with Crippen LogP contribution in [0.3, 0.4) is 0 Å². The average molecular weight is 289 g/mol. The normalized spacial score (nSPS) is 13.1. The molecule has 0 fully saturated rings. The Bertz CT molecular complexity index is 811. The summed E-state index contributed by atoms with van der Waals surface area (Å²) in [4.78, 5) is 6.09. The Hall–Kier alpha value is -2.19. The summed E-state index contributed by atoms with van der Waals surface area (Å²) in [6, 6.07) is 19.5. The Morgan fingerprint density at radius 1 is 0.952 bits per heavy atom. The molecule has 0 saturated heterocycles. The van der Waals surface area contributed by atoms with Crippen LogP contribution in [-0.2, 0) is 6.42 Å². The summed E-state index contributed by atoms with van der Waals surface area (Å²) >= 11 is 1.78. The van der Waals surface area contributed by atoms with Crippen molar-refractivity contribution in [1.82, 2.24) is 0 Å². The van der Waals surface area contributed by atoms with E-state index < -0.39 is 0 Å². The topological polar surface area (TPSA) is 12.4 Å². The predicted octanol–water partition coefficient (Wildman–Crippen LogP) is 5.40. The molecule has 1 aromatic heterocycles. The zero-order valence-corrected chi connectivity index (χ0v) is 12.7. The molecule has 0 amide bonds. The van der Waals surface area contributed by atoms with E-state index in [0.29, 0.717) is 0 Å². The number of hydrogen-bond acceptors (Lipinski definition) is 2. The van der Waals surface area contributed by atoms with Gasteiger partial charge in [-0.3, -0.25) is 4.99 Å². The summed E-state index contributed by atoms with van der Waals surface area (Å²) in [6.07, 6.45) is 0.940. The lowest BCUT2D eigenvalue weighted by atomic mass is 10.0. The third kappa shape index (κ3) is 2.32. The van der Waals surface area contributed by atoms with Crippen LogP contribution in [0, 0.1) is 6.92 Å². The van der Waals surface area contributed by atoms with Crippen molar-refractivity contribution in [2.75, 3.05) is 0 Å². The number of hydrogen-bond donors (Lipinski definition) is 0. The summed E-state index contributed by atoms with van der Waals surface area (Å²) < 4.78 is 0. The molecule has 1 nitrogen and oxygen atoms in total. The molecule has 21 heavy (non-hydrogen) atoms. The van der Waals surface area contributed by atoms with Gasteiger partial charge in [0.05, 0.1) is 11.4 Å². The number of nitrogens with zero attached hydrogens (tertiary/aromatic N) is 1. The molecule has 0 unspecified atom stereocenters. The van der Waals surface area contributed by atoms with Crippen LogP contribution in [-0.4, -0.2) is 5.71 Å². The van der Waals surface area contributed by atoms with E-state index in [1.165, 1.54) is 32.8 Å². The van der Waals surface area contributed by atoms with Gasteiger partial charge in [-0.25, -0.2) is 0 Å². The van der Waals surface area contributed by atoms with Gasteiger partial charge in [-0.2, -0.15) is 0 Å². The monoisotopic (exact) mass is 289 g/mol.